The van der Waals surface area contributed by atoms with Crippen LogP contribution < -0.4 is 0 Å². The quantitative estimate of drug-likeness (QED) is 0.740. The van der Waals surface area contributed by atoms with E-state index in [1.54, 1.807) is 18.3 Å². The van der Waals surface area contributed by atoms with Crippen LogP contribution in [-0.2, 0) is 12.8 Å². The van der Waals surface area contributed by atoms with Crippen molar-refractivity contribution in [3.63, 3.8) is 0 Å². The number of benzene rings is 1. The Hall–Kier alpha value is -1.75. The minimum Gasteiger partial charge on any atom is -0.287 e. The summed E-state index contributed by atoms with van der Waals surface area (Å²) < 4.78 is 15.8. The van der Waals surface area contributed by atoms with Crippen molar-refractivity contribution >= 4 is 21.6 Å². The third kappa shape index (κ3) is 2.51. The van der Waals surface area contributed by atoms with E-state index < -0.39 is 0 Å². The first-order valence-electron chi connectivity index (χ1n) is 5.96. The lowest BCUT2D eigenvalue weighted by molar-refractivity contribution is 0.625. The molecule has 0 fully saturated rings. The highest BCUT2D eigenvalue weighted by Gasteiger charge is 2.09. The van der Waals surface area contributed by atoms with Gasteiger partial charge in [0.25, 0.3) is 0 Å². The molecule has 0 atom stereocenters. The summed E-state index contributed by atoms with van der Waals surface area (Å²) in [4.78, 5) is 8.71. The number of hydrogen-bond acceptors (Lipinski definition) is 2. The van der Waals surface area contributed by atoms with Gasteiger partial charge in [0, 0.05) is 18.8 Å². The summed E-state index contributed by atoms with van der Waals surface area (Å²) in [6.45, 7) is 0. The molecule has 0 saturated heterocycles. The third-order valence-electron chi connectivity index (χ3n) is 2.96. The summed E-state index contributed by atoms with van der Waals surface area (Å²) in [5.41, 5.74) is 1.77. The monoisotopic (exact) mass is 319 g/mol. The van der Waals surface area contributed by atoms with Crippen molar-refractivity contribution < 1.29 is 4.39 Å². The van der Waals surface area contributed by atoms with Crippen LogP contribution in [0.5, 0.6) is 0 Å². The number of fused-ring (bicyclic) bond motifs is 1. The van der Waals surface area contributed by atoms with Gasteiger partial charge >= 0.3 is 0 Å². The second kappa shape index (κ2) is 5.09. The Balaban J connectivity index is 1.86. The van der Waals surface area contributed by atoms with E-state index in [0.29, 0.717) is 0 Å². The summed E-state index contributed by atoms with van der Waals surface area (Å²) in [7, 11) is 0. The smallest absolute Gasteiger partial charge is 0.171 e. The van der Waals surface area contributed by atoms with Crippen LogP contribution in [0, 0.1) is 5.82 Å². The molecule has 3 nitrogen and oxygen atoms in total. The Morgan fingerprint density at radius 2 is 2.11 bits per heavy atom. The molecule has 0 aliphatic heterocycles. The van der Waals surface area contributed by atoms with Crippen molar-refractivity contribution in [2.75, 3.05) is 0 Å². The van der Waals surface area contributed by atoms with Crippen LogP contribution in [0.25, 0.3) is 5.65 Å². The molecule has 3 aromatic rings. The zero-order valence-corrected chi connectivity index (χ0v) is 11.6. The van der Waals surface area contributed by atoms with Crippen LogP contribution in [0.3, 0.4) is 0 Å². The molecule has 0 unspecified atom stereocenters. The molecule has 5 heteroatoms. The molecular weight excluding hydrogens is 309 g/mol. The van der Waals surface area contributed by atoms with Gasteiger partial charge < -0.3 is 0 Å². The van der Waals surface area contributed by atoms with Gasteiger partial charge in [-0.2, -0.15) is 0 Å². The van der Waals surface area contributed by atoms with E-state index in [1.165, 1.54) is 6.07 Å². The van der Waals surface area contributed by atoms with Gasteiger partial charge in [-0.15, -0.1) is 0 Å². The maximum Gasteiger partial charge on any atom is 0.171 e. The Morgan fingerprint density at radius 3 is 2.95 bits per heavy atom. The largest absolute Gasteiger partial charge is 0.287 e. The van der Waals surface area contributed by atoms with Crippen LogP contribution >= 0.6 is 15.9 Å². The minimum absolute atomic E-state index is 0.201. The lowest BCUT2D eigenvalue weighted by Gasteiger charge is -2.01. The first kappa shape index (κ1) is 12.3. The van der Waals surface area contributed by atoms with Gasteiger partial charge in [-0.1, -0.05) is 12.1 Å². The van der Waals surface area contributed by atoms with E-state index in [4.69, 9.17) is 0 Å². The molecule has 2 aromatic heterocycles. The summed E-state index contributed by atoms with van der Waals surface area (Å²) >= 11 is 3.40. The zero-order valence-electron chi connectivity index (χ0n) is 10.1. The van der Waals surface area contributed by atoms with Crippen molar-refractivity contribution in [1.29, 1.82) is 0 Å². The molecule has 0 N–H and O–H groups in total. The summed E-state index contributed by atoms with van der Waals surface area (Å²) in [5.74, 6) is 0.715. The highest BCUT2D eigenvalue weighted by molar-refractivity contribution is 9.10. The Bertz CT molecular complexity index is 724. The van der Waals surface area contributed by atoms with Crippen LogP contribution in [0.2, 0.25) is 0 Å². The van der Waals surface area contributed by atoms with Crippen LogP contribution in [0.1, 0.15) is 11.4 Å². The van der Waals surface area contributed by atoms with Crippen molar-refractivity contribution in [2.24, 2.45) is 0 Å². The highest BCUT2D eigenvalue weighted by atomic mass is 79.9. The fourth-order valence-electron chi connectivity index (χ4n) is 2.07. The topological polar surface area (TPSA) is 30.2 Å². The molecule has 1 aromatic carbocycles. The summed E-state index contributed by atoms with van der Waals surface area (Å²) in [6, 6.07) is 8.53. The molecule has 96 valence electrons. The van der Waals surface area contributed by atoms with Gasteiger partial charge in [0.2, 0.25) is 0 Å². The summed E-state index contributed by atoms with van der Waals surface area (Å²) in [5, 5.41) is 0. The number of nitrogens with zero attached hydrogens (tertiary/aromatic N) is 3. The summed E-state index contributed by atoms with van der Waals surface area (Å²) in [6.07, 6.45) is 5.15. The van der Waals surface area contributed by atoms with Gasteiger partial charge in [-0.05, 0) is 46.1 Å². The van der Waals surface area contributed by atoms with Crippen molar-refractivity contribution in [2.45, 2.75) is 12.8 Å². The molecule has 3 rings (SSSR count). The van der Waals surface area contributed by atoms with Crippen LogP contribution in [-0.4, -0.2) is 14.4 Å². The molecule has 19 heavy (non-hydrogen) atoms. The molecule has 0 aliphatic rings. The number of halogens is 2. The molecule has 0 aliphatic carbocycles. The first-order valence-corrected chi connectivity index (χ1v) is 6.75. The number of aromatic nitrogens is 3. The average Bonchev–Trinajstić information content (AvgIpc) is 2.74. The van der Waals surface area contributed by atoms with Gasteiger partial charge in [0.1, 0.15) is 11.6 Å². The minimum atomic E-state index is -0.201. The molecule has 2 heterocycles. The fourth-order valence-corrected chi connectivity index (χ4v) is 2.57. The van der Waals surface area contributed by atoms with Crippen LogP contribution in [0.15, 0.2) is 47.3 Å². The second-order valence-electron chi connectivity index (χ2n) is 4.26. The predicted octanol–water partition coefficient (Wildman–Crippen LogP) is 3.42. The number of imidazole rings is 1. The van der Waals surface area contributed by atoms with Gasteiger partial charge in [-0.25, -0.2) is 14.4 Å². The van der Waals surface area contributed by atoms with E-state index in [2.05, 4.69) is 25.9 Å². The molecule has 0 radical (unpaired) electrons. The average molecular weight is 320 g/mol. The maximum absolute atomic E-state index is 13.1. The van der Waals surface area contributed by atoms with Crippen molar-refractivity contribution in [3.8, 4) is 0 Å². The van der Waals surface area contributed by atoms with Gasteiger partial charge in [0.05, 0.1) is 0 Å². The molecule has 0 amide bonds. The van der Waals surface area contributed by atoms with Crippen molar-refractivity contribution in [3.05, 3.63) is 64.5 Å². The molecule has 0 bridgehead atoms. The zero-order chi connectivity index (χ0) is 13.2. The normalized spacial score (nSPS) is 11.1. The maximum atomic E-state index is 13.1. The van der Waals surface area contributed by atoms with E-state index in [0.717, 1.165) is 34.5 Å². The number of aryl methyl sites for hydroxylation is 2. The number of hydrogen-bond donors (Lipinski definition) is 0. The second-order valence-corrected chi connectivity index (χ2v) is 5.01. The SMILES string of the molecule is Fc1cccc(CCc2nc(Br)c3ncccn23)c1. The van der Waals surface area contributed by atoms with Gasteiger partial charge in [0.15, 0.2) is 10.3 Å². The third-order valence-corrected chi connectivity index (χ3v) is 3.49. The van der Waals surface area contributed by atoms with E-state index in [1.807, 2.05) is 22.7 Å². The first-order chi connectivity index (χ1) is 9.24. The van der Waals surface area contributed by atoms with E-state index >= 15 is 0 Å². The Morgan fingerprint density at radius 1 is 1.21 bits per heavy atom. The Kier molecular flexibility index (Phi) is 3.29. The molecular formula is C14H11BrFN3. The standard InChI is InChI=1S/C14H11BrFN3/c15-13-14-17-7-2-8-19(14)12(18-13)6-5-10-3-1-4-11(16)9-10/h1-4,7-9H,5-6H2. The van der Waals surface area contributed by atoms with E-state index in [-0.39, 0.29) is 5.82 Å². The Labute approximate surface area is 118 Å². The van der Waals surface area contributed by atoms with Crippen molar-refractivity contribution in [1.82, 2.24) is 14.4 Å². The predicted molar refractivity (Wildman–Crippen MR) is 74.5 cm³/mol. The number of rotatable bonds is 3. The van der Waals surface area contributed by atoms with E-state index in [9.17, 15) is 4.39 Å². The fraction of sp³-hybridized carbons (Fsp3) is 0.143. The molecule has 0 saturated carbocycles. The highest BCUT2D eigenvalue weighted by Crippen LogP contribution is 2.17. The van der Waals surface area contributed by atoms with Crippen LogP contribution in [0.4, 0.5) is 4.39 Å². The van der Waals surface area contributed by atoms with Gasteiger partial charge in [-0.3, -0.25) is 4.40 Å². The lowest BCUT2D eigenvalue weighted by Crippen LogP contribution is -1.98. The lowest BCUT2D eigenvalue weighted by atomic mass is 10.1. The molecule has 0 spiro atoms.